The molecular formula is C10H12Cl2N2O2. The van der Waals surface area contributed by atoms with Crippen LogP contribution in [-0.2, 0) is 0 Å². The minimum Gasteiger partial charge on any atom is -0.394 e. The topological polar surface area (TPSA) is 62.2 Å². The molecule has 1 rings (SSSR count). The quantitative estimate of drug-likeness (QED) is 0.815. The second-order valence-electron chi connectivity index (χ2n) is 3.26. The summed E-state index contributed by atoms with van der Waals surface area (Å²) < 4.78 is 0. The van der Waals surface area contributed by atoms with E-state index in [0.29, 0.717) is 12.0 Å². The lowest BCUT2D eigenvalue weighted by atomic mass is 10.2. The lowest BCUT2D eigenvalue weighted by Gasteiger charge is -2.13. The number of aromatic nitrogens is 1. The normalized spacial score (nSPS) is 12.2. The van der Waals surface area contributed by atoms with E-state index in [1.807, 2.05) is 6.92 Å². The van der Waals surface area contributed by atoms with E-state index in [2.05, 4.69) is 10.3 Å². The molecule has 1 heterocycles. The van der Waals surface area contributed by atoms with Gasteiger partial charge in [-0.15, -0.1) is 0 Å². The Morgan fingerprint density at radius 1 is 1.62 bits per heavy atom. The number of hydrogen-bond donors (Lipinski definition) is 2. The summed E-state index contributed by atoms with van der Waals surface area (Å²) in [4.78, 5) is 15.4. The number of rotatable bonds is 4. The Bertz CT molecular complexity index is 381. The number of pyridine rings is 1. The minimum atomic E-state index is -0.327. The summed E-state index contributed by atoms with van der Waals surface area (Å²) in [5.74, 6) is -0.327. The van der Waals surface area contributed by atoms with E-state index in [-0.39, 0.29) is 28.7 Å². The Balaban J connectivity index is 2.76. The van der Waals surface area contributed by atoms with E-state index in [4.69, 9.17) is 28.3 Å². The van der Waals surface area contributed by atoms with Crippen molar-refractivity contribution in [3.63, 3.8) is 0 Å². The number of nitrogens with zero attached hydrogens (tertiary/aromatic N) is 1. The van der Waals surface area contributed by atoms with E-state index in [1.54, 1.807) is 0 Å². The van der Waals surface area contributed by atoms with Crippen molar-refractivity contribution < 1.29 is 9.90 Å². The molecule has 1 atom stereocenters. The van der Waals surface area contributed by atoms with E-state index < -0.39 is 0 Å². The Labute approximate surface area is 104 Å². The van der Waals surface area contributed by atoms with Crippen molar-refractivity contribution in [3.8, 4) is 0 Å². The Kier molecular flexibility index (Phi) is 4.99. The molecule has 1 aromatic heterocycles. The zero-order valence-corrected chi connectivity index (χ0v) is 10.2. The van der Waals surface area contributed by atoms with Crippen molar-refractivity contribution in [3.05, 3.63) is 28.0 Å². The van der Waals surface area contributed by atoms with Crippen molar-refractivity contribution >= 4 is 29.1 Å². The first kappa shape index (κ1) is 13.2. The molecule has 0 spiro atoms. The smallest absolute Gasteiger partial charge is 0.253 e. The fourth-order valence-corrected chi connectivity index (χ4v) is 1.36. The first-order chi connectivity index (χ1) is 7.58. The van der Waals surface area contributed by atoms with Crippen LogP contribution >= 0.6 is 23.2 Å². The van der Waals surface area contributed by atoms with Crippen molar-refractivity contribution in [1.29, 1.82) is 0 Å². The maximum Gasteiger partial charge on any atom is 0.253 e. The maximum atomic E-state index is 11.7. The number of hydrogen-bond acceptors (Lipinski definition) is 3. The highest BCUT2D eigenvalue weighted by Gasteiger charge is 2.12. The monoisotopic (exact) mass is 262 g/mol. The number of aliphatic hydroxyl groups excluding tert-OH is 1. The molecule has 88 valence electrons. The summed E-state index contributed by atoms with van der Waals surface area (Å²) >= 11 is 11.4. The van der Waals surface area contributed by atoms with Gasteiger partial charge in [0, 0.05) is 6.20 Å². The number of amides is 1. The molecule has 0 aliphatic carbocycles. The van der Waals surface area contributed by atoms with Crippen LogP contribution in [-0.4, -0.2) is 28.6 Å². The fourth-order valence-electron chi connectivity index (χ4n) is 1.09. The van der Waals surface area contributed by atoms with Crippen molar-refractivity contribution in [2.45, 2.75) is 19.4 Å². The Morgan fingerprint density at radius 2 is 2.31 bits per heavy atom. The van der Waals surface area contributed by atoms with Gasteiger partial charge in [-0.25, -0.2) is 4.98 Å². The lowest BCUT2D eigenvalue weighted by molar-refractivity contribution is 0.0914. The molecule has 4 nitrogen and oxygen atoms in total. The number of nitrogens with one attached hydrogen (secondary N) is 1. The second kappa shape index (κ2) is 6.03. The van der Waals surface area contributed by atoms with Gasteiger partial charge in [0.25, 0.3) is 5.91 Å². The summed E-state index contributed by atoms with van der Waals surface area (Å²) in [6.07, 6.45) is 1.99. The van der Waals surface area contributed by atoms with Gasteiger partial charge in [0.05, 0.1) is 23.2 Å². The number of carbonyl (C=O) groups is 1. The van der Waals surface area contributed by atoms with Crippen molar-refractivity contribution in [2.24, 2.45) is 0 Å². The largest absolute Gasteiger partial charge is 0.394 e. The van der Waals surface area contributed by atoms with Gasteiger partial charge in [0.15, 0.2) is 0 Å². The van der Waals surface area contributed by atoms with Gasteiger partial charge in [-0.3, -0.25) is 4.79 Å². The fraction of sp³-hybridized carbons (Fsp3) is 0.400. The predicted octanol–water partition coefficient (Wildman–Crippen LogP) is 1.89. The molecule has 0 aliphatic rings. The molecule has 6 heteroatoms. The van der Waals surface area contributed by atoms with E-state index in [9.17, 15) is 4.79 Å². The molecule has 2 N–H and O–H groups in total. The van der Waals surface area contributed by atoms with Crippen LogP contribution in [0.4, 0.5) is 0 Å². The summed E-state index contributed by atoms with van der Waals surface area (Å²) in [6.45, 7) is 1.77. The zero-order valence-electron chi connectivity index (χ0n) is 8.70. The van der Waals surface area contributed by atoms with Crippen LogP contribution < -0.4 is 5.32 Å². The molecule has 0 aliphatic heterocycles. The van der Waals surface area contributed by atoms with Gasteiger partial charge >= 0.3 is 0 Å². The summed E-state index contributed by atoms with van der Waals surface area (Å²) in [6, 6.07) is 1.18. The van der Waals surface area contributed by atoms with Crippen LogP contribution in [0.2, 0.25) is 10.2 Å². The Hall–Kier alpha value is -0.840. The molecule has 1 aromatic rings. The molecule has 0 saturated heterocycles. The first-order valence-corrected chi connectivity index (χ1v) is 5.56. The average molecular weight is 263 g/mol. The molecule has 0 bridgehead atoms. The van der Waals surface area contributed by atoms with Crippen LogP contribution in [0.3, 0.4) is 0 Å². The van der Waals surface area contributed by atoms with Crippen molar-refractivity contribution in [1.82, 2.24) is 10.3 Å². The highest BCUT2D eigenvalue weighted by Crippen LogP contribution is 2.19. The number of halogens is 2. The SMILES string of the molecule is CC[C@@H](CO)NC(=O)c1cnc(Cl)c(Cl)c1. The van der Waals surface area contributed by atoms with Crippen LogP contribution in [0.1, 0.15) is 23.7 Å². The zero-order chi connectivity index (χ0) is 12.1. The number of carbonyl (C=O) groups excluding carboxylic acids is 1. The van der Waals surface area contributed by atoms with Gasteiger partial charge < -0.3 is 10.4 Å². The van der Waals surface area contributed by atoms with Crippen LogP contribution in [0.25, 0.3) is 0 Å². The van der Waals surface area contributed by atoms with E-state index >= 15 is 0 Å². The molecule has 0 fully saturated rings. The van der Waals surface area contributed by atoms with Gasteiger partial charge in [0.2, 0.25) is 0 Å². The van der Waals surface area contributed by atoms with Crippen molar-refractivity contribution in [2.75, 3.05) is 6.61 Å². The maximum absolute atomic E-state index is 11.7. The van der Waals surface area contributed by atoms with Crippen LogP contribution in [0.5, 0.6) is 0 Å². The average Bonchev–Trinajstić information content (AvgIpc) is 2.29. The third-order valence-electron chi connectivity index (χ3n) is 2.11. The highest BCUT2D eigenvalue weighted by atomic mass is 35.5. The molecule has 0 saturated carbocycles. The van der Waals surface area contributed by atoms with Crippen LogP contribution in [0.15, 0.2) is 12.3 Å². The molecule has 0 unspecified atom stereocenters. The van der Waals surface area contributed by atoms with Gasteiger partial charge in [-0.2, -0.15) is 0 Å². The summed E-state index contributed by atoms with van der Waals surface area (Å²) in [7, 11) is 0. The third-order valence-corrected chi connectivity index (χ3v) is 2.79. The second-order valence-corrected chi connectivity index (χ2v) is 4.02. The van der Waals surface area contributed by atoms with Gasteiger partial charge in [-0.1, -0.05) is 30.1 Å². The predicted molar refractivity (Wildman–Crippen MR) is 62.9 cm³/mol. The third kappa shape index (κ3) is 3.33. The van der Waals surface area contributed by atoms with E-state index in [0.717, 1.165) is 0 Å². The van der Waals surface area contributed by atoms with Gasteiger partial charge in [-0.05, 0) is 12.5 Å². The van der Waals surface area contributed by atoms with Crippen LogP contribution in [0, 0.1) is 0 Å². The summed E-state index contributed by atoms with van der Waals surface area (Å²) in [5.41, 5.74) is 0.321. The Morgan fingerprint density at radius 3 is 2.81 bits per heavy atom. The number of aliphatic hydroxyl groups is 1. The summed E-state index contributed by atoms with van der Waals surface area (Å²) in [5, 5.41) is 12.0. The van der Waals surface area contributed by atoms with Gasteiger partial charge in [0.1, 0.15) is 5.15 Å². The minimum absolute atomic E-state index is 0.100. The standard InChI is InChI=1S/C10H12Cl2N2O2/c1-2-7(5-15)14-10(16)6-3-8(11)9(12)13-4-6/h3-4,7,15H,2,5H2,1H3,(H,14,16)/t7-/m0/s1. The molecule has 1 amide bonds. The highest BCUT2D eigenvalue weighted by molar-refractivity contribution is 6.41. The lowest BCUT2D eigenvalue weighted by Crippen LogP contribution is -2.36. The molecule has 0 aromatic carbocycles. The molecule has 16 heavy (non-hydrogen) atoms. The first-order valence-electron chi connectivity index (χ1n) is 4.81. The van der Waals surface area contributed by atoms with E-state index in [1.165, 1.54) is 12.3 Å². The molecule has 0 radical (unpaired) electrons. The molecular weight excluding hydrogens is 251 g/mol.